The van der Waals surface area contributed by atoms with Gasteiger partial charge in [-0.05, 0) is 65.1 Å². The number of rotatable bonds is 4. The maximum Gasteiger partial charge on any atom is 0.255 e. The minimum absolute atomic E-state index is 0.112. The van der Waals surface area contributed by atoms with Crippen LogP contribution in [0.4, 0.5) is 5.69 Å². The number of fused-ring (bicyclic) bond motifs is 1. The van der Waals surface area contributed by atoms with Crippen LogP contribution < -0.4 is 5.32 Å². The topological polar surface area (TPSA) is 52.9 Å². The molecule has 0 saturated heterocycles. The van der Waals surface area contributed by atoms with Gasteiger partial charge in [-0.25, -0.2) is 0 Å². The van der Waals surface area contributed by atoms with E-state index in [9.17, 15) is 4.79 Å². The maximum absolute atomic E-state index is 12.7. The standard InChI is InChI=1S/C24H22N2O/c25-16-19-8-9-21-15-22(11-10-20(21)13-19)24(27)26-23-7-3-6-18(14-23)12-17-4-1-2-5-17/h3,6-11,13-15,17H,1-2,4-5,12H2,(H,26,27). The highest BCUT2D eigenvalue weighted by Crippen LogP contribution is 2.28. The van der Waals surface area contributed by atoms with E-state index in [0.717, 1.165) is 28.8 Å². The molecule has 134 valence electrons. The van der Waals surface area contributed by atoms with Crippen LogP contribution in [0.25, 0.3) is 10.8 Å². The van der Waals surface area contributed by atoms with Crippen LogP contribution in [-0.2, 0) is 6.42 Å². The van der Waals surface area contributed by atoms with Crippen LogP contribution in [0.3, 0.4) is 0 Å². The third kappa shape index (κ3) is 4.01. The minimum Gasteiger partial charge on any atom is -0.322 e. The first kappa shape index (κ1) is 17.3. The molecule has 27 heavy (non-hydrogen) atoms. The first-order valence-electron chi connectivity index (χ1n) is 9.55. The Labute approximate surface area is 159 Å². The number of carbonyl (C=O) groups is 1. The van der Waals surface area contributed by atoms with Crippen molar-refractivity contribution in [1.29, 1.82) is 5.26 Å². The van der Waals surface area contributed by atoms with Crippen molar-refractivity contribution < 1.29 is 4.79 Å². The fraction of sp³-hybridized carbons (Fsp3) is 0.250. The van der Waals surface area contributed by atoms with Crippen LogP contribution in [0.1, 0.15) is 47.2 Å². The van der Waals surface area contributed by atoms with E-state index in [1.54, 1.807) is 12.1 Å². The number of hydrogen-bond acceptors (Lipinski definition) is 2. The van der Waals surface area contributed by atoms with Gasteiger partial charge in [0.25, 0.3) is 5.91 Å². The molecule has 3 aromatic carbocycles. The number of anilines is 1. The van der Waals surface area contributed by atoms with Gasteiger partial charge in [0, 0.05) is 11.3 Å². The fourth-order valence-electron chi connectivity index (χ4n) is 3.98. The summed E-state index contributed by atoms with van der Waals surface area (Å²) < 4.78 is 0. The van der Waals surface area contributed by atoms with Gasteiger partial charge in [0.05, 0.1) is 11.6 Å². The van der Waals surface area contributed by atoms with E-state index < -0.39 is 0 Å². The summed E-state index contributed by atoms with van der Waals surface area (Å²) in [4.78, 5) is 12.7. The lowest BCUT2D eigenvalue weighted by molar-refractivity contribution is 0.102. The number of hydrogen-bond donors (Lipinski definition) is 1. The third-order valence-corrected chi connectivity index (χ3v) is 5.42. The van der Waals surface area contributed by atoms with E-state index in [1.807, 2.05) is 36.4 Å². The molecule has 4 rings (SSSR count). The zero-order valence-corrected chi connectivity index (χ0v) is 15.2. The Morgan fingerprint density at radius 3 is 2.59 bits per heavy atom. The first-order valence-corrected chi connectivity index (χ1v) is 9.55. The van der Waals surface area contributed by atoms with Crippen molar-refractivity contribution in [3.63, 3.8) is 0 Å². The molecule has 0 unspecified atom stereocenters. The molecule has 0 radical (unpaired) electrons. The molecular formula is C24H22N2O. The van der Waals surface area contributed by atoms with E-state index in [-0.39, 0.29) is 5.91 Å². The Morgan fingerprint density at radius 2 is 1.78 bits per heavy atom. The number of carbonyl (C=O) groups excluding carboxylic acids is 1. The Kier molecular flexibility index (Phi) is 4.89. The van der Waals surface area contributed by atoms with E-state index >= 15 is 0 Å². The number of nitrogens with one attached hydrogen (secondary N) is 1. The first-order chi connectivity index (χ1) is 13.2. The number of amides is 1. The van der Waals surface area contributed by atoms with E-state index in [1.165, 1.54) is 31.2 Å². The second-order valence-corrected chi connectivity index (χ2v) is 7.40. The predicted molar refractivity (Wildman–Crippen MR) is 109 cm³/mol. The SMILES string of the molecule is N#Cc1ccc2cc(C(=O)Nc3cccc(CC4CCCC4)c3)ccc2c1. The molecule has 0 aromatic heterocycles. The minimum atomic E-state index is -0.112. The summed E-state index contributed by atoms with van der Waals surface area (Å²) in [5.74, 6) is 0.675. The van der Waals surface area contributed by atoms with Crippen molar-refractivity contribution in [2.75, 3.05) is 5.32 Å². The van der Waals surface area contributed by atoms with Crippen LogP contribution in [-0.4, -0.2) is 5.91 Å². The number of nitrogens with zero attached hydrogens (tertiary/aromatic N) is 1. The summed E-state index contributed by atoms with van der Waals surface area (Å²) in [5, 5.41) is 13.9. The van der Waals surface area contributed by atoms with Crippen LogP contribution in [0, 0.1) is 17.2 Å². The van der Waals surface area contributed by atoms with E-state index in [4.69, 9.17) is 5.26 Å². The lowest BCUT2D eigenvalue weighted by Crippen LogP contribution is -2.12. The normalized spacial score (nSPS) is 14.2. The molecule has 1 aliphatic rings. The summed E-state index contributed by atoms with van der Waals surface area (Å²) in [6, 6.07) is 21.4. The van der Waals surface area contributed by atoms with Gasteiger partial charge in [-0.1, -0.05) is 49.9 Å². The van der Waals surface area contributed by atoms with Crippen LogP contribution >= 0.6 is 0 Å². The molecule has 3 nitrogen and oxygen atoms in total. The smallest absolute Gasteiger partial charge is 0.255 e. The number of nitriles is 1. The number of benzene rings is 3. The second-order valence-electron chi connectivity index (χ2n) is 7.40. The quantitative estimate of drug-likeness (QED) is 0.654. The summed E-state index contributed by atoms with van der Waals surface area (Å²) >= 11 is 0. The molecule has 0 heterocycles. The van der Waals surface area contributed by atoms with Crippen molar-refractivity contribution in [2.45, 2.75) is 32.1 Å². The van der Waals surface area contributed by atoms with Crippen molar-refractivity contribution >= 4 is 22.4 Å². The molecule has 3 aromatic rings. The van der Waals surface area contributed by atoms with Gasteiger partial charge in [-0.2, -0.15) is 5.26 Å². The van der Waals surface area contributed by atoms with E-state index in [0.29, 0.717) is 11.1 Å². The highest BCUT2D eigenvalue weighted by atomic mass is 16.1. The predicted octanol–water partition coefficient (Wildman–Crippen LogP) is 5.70. The van der Waals surface area contributed by atoms with Gasteiger partial charge < -0.3 is 5.32 Å². The summed E-state index contributed by atoms with van der Waals surface area (Å²) in [6.45, 7) is 0. The zero-order valence-electron chi connectivity index (χ0n) is 15.2. The van der Waals surface area contributed by atoms with Crippen molar-refractivity contribution in [3.05, 3.63) is 77.4 Å². The molecule has 0 aliphatic heterocycles. The van der Waals surface area contributed by atoms with Crippen LogP contribution in [0.2, 0.25) is 0 Å². The molecule has 1 aliphatic carbocycles. The van der Waals surface area contributed by atoms with Crippen LogP contribution in [0.5, 0.6) is 0 Å². The molecule has 1 amide bonds. The third-order valence-electron chi connectivity index (χ3n) is 5.42. The van der Waals surface area contributed by atoms with Gasteiger partial charge >= 0.3 is 0 Å². The average molecular weight is 354 g/mol. The zero-order chi connectivity index (χ0) is 18.6. The average Bonchev–Trinajstić information content (AvgIpc) is 3.20. The highest BCUT2D eigenvalue weighted by Gasteiger charge is 2.15. The molecule has 1 fully saturated rings. The fourth-order valence-corrected chi connectivity index (χ4v) is 3.98. The Morgan fingerprint density at radius 1 is 1.00 bits per heavy atom. The van der Waals surface area contributed by atoms with Crippen LogP contribution in [0.15, 0.2) is 60.7 Å². The molecule has 0 spiro atoms. The van der Waals surface area contributed by atoms with E-state index in [2.05, 4.69) is 23.5 Å². The Bertz CT molecular complexity index is 1030. The molecule has 1 saturated carbocycles. The summed E-state index contributed by atoms with van der Waals surface area (Å²) in [5.41, 5.74) is 3.38. The van der Waals surface area contributed by atoms with Gasteiger partial charge in [0.15, 0.2) is 0 Å². The molecule has 0 bridgehead atoms. The Hall–Kier alpha value is -3.12. The van der Waals surface area contributed by atoms with Crippen molar-refractivity contribution in [3.8, 4) is 6.07 Å². The van der Waals surface area contributed by atoms with Gasteiger partial charge in [0.2, 0.25) is 0 Å². The second kappa shape index (κ2) is 7.63. The summed E-state index contributed by atoms with van der Waals surface area (Å²) in [7, 11) is 0. The molecular weight excluding hydrogens is 332 g/mol. The molecule has 0 atom stereocenters. The monoisotopic (exact) mass is 354 g/mol. The molecule has 1 N–H and O–H groups in total. The Balaban J connectivity index is 1.50. The largest absolute Gasteiger partial charge is 0.322 e. The lowest BCUT2D eigenvalue weighted by atomic mass is 9.98. The van der Waals surface area contributed by atoms with Crippen molar-refractivity contribution in [1.82, 2.24) is 0 Å². The summed E-state index contributed by atoms with van der Waals surface area (Å²) in [6.07, 6.45) is 6.43. The van der Waals surface area contributed by atoms with Gasteiger partial charge in [0.1, 0.15) is 0 Å². The van der Waals surface area contributed by atoms with Gasteiger partial charge in [-0.15, -0.1) is 0 Å². The highest BCUT2D eigenvalue weighted by molar-refractivity contribution is 6.06. The van der Waals surface area contributed by atoms with Crippen molar-refractivity contribution in [2.24, 2.45) is 5.92 Å². The lowest BCUT2D eigenvalue weighted by Gasteiger charge is -2.11. The van der Waals surface area contributed by atoms with Gasteiger partial charge in [-0.3, -0.25) is 4.79 Å². The maximum atomic E-state index is 12.7. The molecule has 3 heteroatoms.